The maximum absolute atomic E-state index is 12.9. The van der Waals surface area contributed by atoms with Crippen LogP contribution in [-0.4, -0.2) is 72.3 Å². The molecule has 0 atom stereocenters. The molecular weight excluding hydrogens is 378 g/mol. The Morgan fingerprint density at radius 1 is 0.900 bits per heavy atom. The molecule has 4 rings (SSSR count). The molecule has 0 radical (unpaired) electrons. The average molecular weight is 408 g/mol. The van der Waals surface area contributed by atoms with Gasteiger partial charge in [-0.3, -0.25) is 14.5 Å². The highest BCUT2D eigenvalue weighted by Gasteiger charge is 2.32. The number of rotatable bonds is 5. The van der Waals surface area contributed by atoms with Crippen LogP contribution in [-0.2, 0) is 4.79 Å². The Bertz CT molecular complexity index is 847. The van der Waals surface area contributed by atoms with E-state index >= 15 is 0 Å². The van der Waals surface area contributed by atoms with E-state index in [0.717, 1.165) is 45.6 Å². The molecule has 2 fully saturated rings. The summed E-state index contributed by atoms with van der Waals surface area (Å²) in [6.45, 7) is 5.50. The van der Waals surface area contributed by atoms with Gasteiger partial charge in [-0.25, -0.2) is 0 Å². The van der Waals surface area contributed by atoms with Crippen LogP contribution in [0.3, 0.4) is 0 Å². The first-order valence-corrected chi connectivity index (χ1v) is 10.8. The molecule has 0 saturated carbocycles. The number of hydrogen-bond acceptors (Lipinski definition) is 4. The number of likely N-dealkylation sites (tertiary alicyclic amines) is 1. The molecule has 2 aliphatic rings. The topological polar surface area (TPSA) is 57.0 Å². The molecule has 2 saturated heterocycles. The number of hydrogen-bond donors (Lipinski definition) is 0. The molecule has 0 unspecified atom stereocenters. The van der Waals surface area contributed by atoms with Crippen molar-refractivity contribution in [3.63, 3.8) is 0 Å². The zero-order valence-electron chi connectivity index (χ0n) is 17.3. The Hall–Kier alpha value is -2.86. The maximum Gasteiger partial charge on any atom is 0.289 e. The quantitative estimate of drug-likeness (QED) is 0.765. The highest BCUT2D eigenvalue weighted by molar-refractivity contribution is 5.91. The lowest BCUT2D eigenvalue weighted by Gasteiger charge is -2.38. The minimum absolute atomic E-state index is 0.0233. The number of piperazine rings is 1. The van der Waals surface area contributed by atoms with Gasteiger partial charge in [-0.05, 0) is 30.5 Å². The monoisotopic (exact) mass is 407 g/mol. The predicted molar refractivity (Wildman–Crippen MR) is 116 cm³/mol. The summed E-state index contributed by atoms with van der Waals surface area (Å²) in [7, 11) is 0. The van der Waals surface area contributed by atoms with Gasteiger partial charge in [-0.15, -0.1) is 0 Å². The van der Waals surface area contributed by atoms with Crippen LogP contribution in [0.25, 0.3) is 6.08 Å². The van der Waals surface area contributed by atoms with Gasteiger partial charge in [0.1, 0.15) is 0 Å². The van der Waals surface area contributed by atoms with Crippen LogP contribution in [0.4, 0.5) is 0 Å². The van der Waals surface area contributed by atoms with Crippen molar-refractivity contribution >= 4 is 17.9 Å². The van der Waals surface area contributed by atoms with Crippen molar-refractivity contribution in [2.75, 3.05) is 45.8 Å². The first-order chi connectivity index (χ1) is 14.7. The van der Waals surface area contributed by atoms with Crippen LogP contribution < -0.4 is 0 Å². The molecule has 0 N–H and O–H groups in total. The third kappa shape index (κ3) is 5.00. The van der Waals surface area contributed by atoms with E-state index in [1.165, 1.54) is 11.8 Å². The van der Waals surface area contributed by atoms with Crippen molar-refractivity contribution in [2.45, 2.75) is 12.8 Å². The summed E-state index contributed by atoms with van der Waals surface area (Å²) in [6.07, 6.45) is 7.31. The Kier molecular flexibility index (Phi) is 6.64. The Labute approximate surface area is 177 Å². The highest BCUT2D eigenvalue weighted by atomic mass is 16.3. The Morgan fingerprint density at radius 3 is 2.30 bits per heavy atom. The zero-order chi connectivity index (χ0) is 20.8. The number of carbonyl (C=O) groups excluding carboxylic acids is 2. The smallest absolute Gasteiger partial charge is 0.289 e. The van der Waals surface area contributed by atoms with Crippen molar-refractivity contribution in [1.82, 2.24) is 14.7 Å². The van der Waals surface area contributed by atoms with Gasteiger partial charge >= 0.3 is 0 Å². The zero-order valence-corrected chi connectivity index (χ0v) is 17.3. The van der Waals surface area contributed by atoms with Gasteiger partial charge in [-0.2, -0.15) is 0 Å². The highest BCUT2D eigenvalue weighted by Crippen LogP contribution is 2.22. The van der Waals surface area contributed by atoms with E-state index < -0.39 is 0 Å². The van der Waals surface area contributed by atoms with E-state index in [-0.39, 0.29) is 17.7 Å². The molecule has 2 aliphatic heterocycles. The lowest BCUT2D eigenvalue weighted by atomic mass is 9.94. The summed E-state index contributed by atoms with van der Waals surface area (Å²) in [5.74, 6) is 0.565. The van der Waals surface area contributed by atoms with E-state index in [4.69, 9.17) is 4.42 Å². The number of furan rings is 1. The van der Waals surface area contributed by atoms with Crippen LogP contribution in [0.2, 0.25) is 0 Å². The van der Waals surface area contributed by atoms with E-state index in [1.807, 2.05) is 23.1 Å². The van der Waals surface area contributed by atoms with Gasteiger partial charge in [0.2, 0.25) is 5.91 Å². The number of benzene rings is 1. The molecule has 0 bridgehead atoms. The van der Waals surface area contributed by atoms with Gasteiger partial charge < -0.3 is 14.2 Å². The minimum atomic E-state index is -0.0805. The van der Waals surface area contributed by atoms with Gasteiger partial charge in [0.25, 0.3) is 5.91 Å². The third-order valence-corrected chi connectivity index (χ3v) is 6.02. The second-order valence-corrected chi connectivity index (χ2v) is 7.98. The molecule has 1 aromatic carbocycles. The fourth-order valence-electron chi connectivity index (χ4n) is 4.20. The number of nitrogens with zero attached hydrogens (tertiary/aromatic N) is 3. The molecule has 6 nitrogen and oxygen atoms in total. The summed E-state index contributed by atoms with van der Waals surface area (Å²) in [5, 5.41) is 0. The van der Waals surface area contributed by atoms with Crippen molar-refractivity contribution in [3.8, 4) is 0 Å². The predicted octanol–water partition coefficient (Wildman–Crippen LogP) is 2.99. The molecule has 0 spiro atoms. The van der Waals surface area contributed by atoms with E-state index in [1.54, 1.807) is 17.0 Å². The number of piperidine rings is 1. The first-order valence-electron chi connectivity index (χ1n) is 10.8. The average Bonchev–Trinajstić information content (AvgIpc) is 3.34. The van der Waals surface area contributed by atoms with Gasteiger partial charge in [0, 0.05) is 51.7 Å². The van der Waals surface area contributed by atoms with Gasteiger partial charge in [-0.1, -0.05) is 42.5 Å². The second-order valence-electron chi connectivity index (χ2n) is 7.98. The summed E-state index contributed by atoms with van der Waals surface area (Å²) in [6, 6.07) is 13.7. The second kappa shape index (κ2) is 9.76. The Morgan fingerprint density at radius 2 is 1.63 bits per heavy atom. The maximum atomic E-state index is 12.9. The van der Waals surface area contributed by atoms with Crippen molar-refractivity contribution in [1.29, 1.82) is 0 Å². The standard InChI is InChI=1S/C24H29N3O3/c28-23(21-10-13-26(14-11-21)24(29)22-9-5-19-30-22)27-17-15-25(16-18-27)12-4-8-20-6-2-1-3-7-20/h1-9,19,21H,10-18H2/b8-4+. The molecule has 3 heterocycles. The molecule has 30 heavy (non-hydrogen) atoms. The summed E-state index contributed by atoms with van der Waals surface area (Å²) in [4.78, 5) is 31.5. The summed E-state index contributed by atoms with van der Waals surface area (Å²) in [5.41, 5.74) is 1.21. The molecule has 1 aromatic heterocycles. The fourth-order valence-corrected chi connectivity index (χ4v) is 4.20. The fraction of sp³-hybridized carbons (Fsp3) is 0.417. The van der Waals surface area contributed by atoms with E-state index in [9.17, 15) is 9.59 Å². The van der Waals surface area contributed by atoms with Crippen molar-refractivity contribution in [3.05, 3.63) is 66.1 Å². The Balaban J connectivity index is 1.19. The lowest BCUT2D eigenvalue weighted by molar-refractivity contribution is -0.138. The third-order valence-electron chi connectivity index (χ3n) is 6.02. The minimum Gasteiger partial charge on any atom is -0.459 e. The van der Waals surface area contributed by atoms with Gasteiger partial charge in [0.05, 0.1) is 6.26 Å². The van der Waals surface area contributed by atoms with Crippen LogP contribution in [0.1, 0.15) is 29.0 Å². The number of amides is 2. The molecule has 0 aliphatic carbocycles. The number of carbonyl (C=O) groups is 2. The summed E-state index contributed by atoms with van der Waals surface area (Å²) < 4.78 is 5.21. The van der Waals surface area contributed by atoms with Crippen LogP contribution in [0, 0.1) is 5.92 Å². The van der Waals surface area contributed by atoms with Crippen molar-refractivity contribution < 1.29 is 14.0 Å². The molecule has 2 amide bonds. The van der Waals surface area contributed by atoms with Crippen LogP contribution in [0.15, 0.2) is 59.2 Å². The van der Waals surface area contributed by atoms with Crippen LogP contribution >= 0.6 is 0 Å². The van der Waals surface area contributed by atoms with Crippen molar-refractivity contribution in [2.24, 2.45) is 5.92 Å². The SMILES string of the molecule is O=C(c1ccco1)N1CCC(C(=O)N2CCN(C/C=C/c3ccccc3)CC2)CC1. The van der Waals surface area contributed by atoms with E-state index in [2.05, 4.69) is 29.2 Å². The first kappa shape index (κ1) is 20.4. The normalized spacial score (nSPS) is 18.8. The summed E-state index contributed by atoms with van der Waals surface area (Å²) >= 11 is 0. The van der Waals surface area contributed by atoms with Gasteiger partial charge in [0.15, 0.2) is 5.76 Å². The van der Waals surface area contributed by atoms with Crippen LogP contribution in [0.5, 0.6) is 0 Å². The van der Waals surface area contributed by atoms with E-state index in [0.29, 0.717) is 18.8 Å². The molecule has 158 valence electrons. The molecular formula is C24H29N3O3. The largest absolute Gasteiger partial charge is 0.459 e. The lowest BCUT2D eigenvalue weighted by Crippen LogP contribution is -2.51. The molecule has 2 aromatic rings. The molecule has 6 heteroatoms.